The van der Waals surface area contributed by atoms with Crippen molar-refractivity contribution < 1.29 is 8.42 Å². The summed E-state index contributed by atoms with van der Waals surface area (Å²) in [6.45, 7) is 11.6. The van der Waals surface area contributed by atoms with Gasteiger partial charge < -0.3 is 0 Å². The number of hydrogen-bond donors (Lipinski definition) is 0. The summed E-state index contributed by atoms with van der Waals surface area (Å²) in [5, 5.41) is -0.353. The summed E-state index contributed by atoms with van der Waals surface area (Å²) < 4.78 is 25.5. The van der Waals surface area contributed by atoms with Crippen molar-refractivity contribution in [2.45, 2.75) is 58.8 Å². The van der Waals surface area contributed by atoms with Crippen LogP contribution in [0.4, 0.5) is 0 Å². The van der Waals surface area contributed by atoms with Crippen molar-refractivity contribution in [2.24, 2.45) is 5.92 Å². The maximum Gasteiger partial charge on any atom is 0.216 e. The lowest BCUT2D eigenvalue weighted by Gasteiger charge is -2.37. The molecule has 3 nitrogen and oxygen atoms in total. The van der Waals surface area contributed by atoms with E-state index in [0.717, 1.165) is 6.42 Å². The summed E-state index contributed by atoms with van der Waals surface area (Å²) in [5.41, 5.74) is -0.308. The normalized spacial score (nSPS) is 14.3. The molecule has 0 aliphatic rings. The third-order valence-electron chi connectivity index (χ3n) is 2.74. The van der Waals surface area contributed by atoms with Gasteiger partial charge in [-0.25, -0.2) is 8.42 Å². The van der Waals surface area contributed by atoms with Gasteiger partial charge in [-0.05, 0) is 40.0 Å². The van der Waals surface area contributed by atoms with Crippen LogP contribution in [0.5, 0.6) is 0 Å². The van der Waals surface area contributed by atoms with E-state index in [4.69, 9.17) is 0 Å². The average molecular weight is 235 g/mol. The highest BCUT2D eigenvalue weighted by molar-refractivity contribution is 7.89. The molecule has 0 aromatic rings. The van der Waals surface area contributed by atoms with E-state index in [-0.39, 0.29) is 10.8 Å². The van der Waals surface area contributed by atoms with Crippen LogP contribution in [0.25, 0.3) is 0 Å². The standard InChI is InChI=1S/C11H25NO2S/c1-9(2)8-11(5,6)12(7)15(13,14)10(3)4/h9-10H,8H2,1-7H3. The number of sulfonamides is 1. The molecule has 15 heavy (non-hydrogen) atoms. The van der Waals surface area contributed by atoms with Crippen LogP contribution < -0.4 is 0 Å². The van der Waals surface area contributed by atoms with Crippen molar-refractivity contribution in [1.29, 1.82) is 0 Å². The summed E-state index contributed by atoms with van der Waals surface area (Å²) in [4.78, 5) is 0. The summed E-state index contributed by atoms with van der Waals surface area (Å²) >= 11 is 0. The first kappa shape index (κ1) is 14.9. The summed E-state index contributed by atoms with van der Waals surface area (Å²) in [7, 11) is -1.47. The fraction of sp³-hybridized carbons (Fsp3) is 1.00. The molecule has 0 aromatic carbocycles. The highest BCUT2D eigenvalue weighted by atomic mass is 32.2. The Kier molecular flexibility index (Phi) is 4.80. The summed E-state index contributed by atoms with van der Waals surface area (Å²) in [6, 6.07) is 0. The van der Waals surface area contributed by atoms with Crippen molar-refractivity contribution in [3.8, 4) is 0 Å². The Morgan fingerprint density at radius 2 is 1.53 bits per heavy atom. The van der Waals surface area contributed by atoms with Crippen molar-refractivity contribution in [3.05, 3.63) is 0 Å². The molecule has 0 rings (SSSR count). The molecule has 0 heterocycles. The molecule has 0 amide bonds. The van der Waals surface area contributed by atoms with E-state index in [9.17, 15) is 8.42 Å². The van der Waals surface area contributed by atoms with Crippen LogP contribution in [0, 0.1) is 5.92 Å². The van der Waals surface area contributed by atoms with Gasteiger partial charge >= 0.3 is 0 Å². The van der Waals surface area contributed by atoms with Gasteiger partial charge in [0.05, 0.1) is 5.25 Å². The zero-order chi connectivity index (χ0) is 12.4. The van der Waals surface area contributed by atoms with Crippen LogP contribution >= 0.6 is 0 Å². The third kappa shape index (κ3) is 3.76. The monoisotopic (exact) mass is 235 g/mol. The van der Waals surface area contributed by atoms with Gasteiger partial charge in [-0.15, -0.1) is 0 Å². The van der Waals surface area contributed by atoms with Gasteiger partial charge in [0.25, 0.3) is 0 Å². The van der Waals surface area contributed by atoms with E-state index >= 15 is 0 Å². The molecule has 92 valence electrons. The van der Waals surface area contributed by atoms with Crippen LogP contribution in [-0.4, -0.2) is 30.6 Å². The predicted octanol–water partition coefficient (Wildman–Crippen LogP) is 2.48. The van der Waals surface area contributed by atoms with Crippen molar-refractivity contribution >= 4 is 10.0 Å². The van der Waals surface area contributed by atoms with Crippen molar-refractivity contribution in [2.75, 3.05) is 7.05 Å². The first-order chi connectivity index (χ1) is 6.51. The minimum absolute atomic E-state index is 0.308. The van der Waals surface area contributed by atoms with E-state index in [2.05, 4.69) is 13.8 Å². The van der Waals surface area contributed by atoms with Crippen molar-refractivity contribution in [3.63, 3.8) is 0 Å². The zero-order valence-electron chi connectivity index (χ0n) is 11.0. The van der Waals surface area contributed by atoms with Gasteiger partial charge in [-0.1, -0.05) is 13.8 Å². The van der Waals surface area contributed by atoms with E-state index in [1.807, 2.05) is 13.8 Å². The summed E-state index contributed by atoms with van der Waals surface area (Å²) in [6.07, 6.45) is 0.870. The second-order valence-electron chi connectivity index (χ2n) is 5.47. The molecular weight excluding hydrogens is 210 g/mol. The molecule has 0 N–H and O–H groups in total. The van der Waals surface area contributed by atoms with Crippen LogP contribution in [0.1, 0.15) is 48.0 Å². The van der Waals surface area contributed by atoms with Gasteiger partial charge in [0.1, 0.15) is 0 Å². The van der Waals surface area contributed by atoms with Gasteiger partial charge in [-0.2, -0.15) is 4.31 Å². The van der Waals surface area contributed by atoms with E-state index < -0.39 is 10.0 Å². The highest BCUT2D eigenvalue weighted by Gasteiger charge is 2.34. The Morgan fingerprint density at radius 3 is 1.80 bits per heavy atom. The second-order valence-corrected chi connectivity index (χ2v) is 7.99. The highest BCUT2D eigenvalue weighted by Crippen LogP contribution is 2.26. The Labute approximate surface area is 94.9 Å². The molecular formula is C11H25NO2S. The van der Waals surface area contributed by atoms with Gasteiger partial charge in [0.15, 0.2) is 0 Å². The van der Waals surface area contributed by atoms with E-state index in [1.165, 1.54) is 4.31 Å². The van der Waals surface area contributed by atoms with Gasteiger partial charge in [0.2, 0.25) is 10.0 Å². The average Bonchev–Trinajstić information content (AvgIpc) is 2.00. The first-order valence-electron chi connectivity index (χ1n) is 5.49. The van der Waals surface area contributed by atoms with Gasteiger partial charge in [0, 0.05) is 12.6 Å². The molecule has 4 heteroatoms. The minimum atomic E-state index is -3.15. The molecule has 0 bridgehead atoms. The zero-order valence-corrected chi connectivity index (χ0v) is 11.9. The molecule has 0 radical (unpaired) electrons. The second kappa shape index (κ2) is 4.83. The molecule has 0 aromatic heterocycles. The first-order valence-corrected chi connectivity index (χ1v) is 7.00. The Bertz CT molecular complexity index is 292. The molecule has 0 fully saturated rings. The Morgan fingerprint density at radius 1 is 1.13 bits per heavy atom. The van der Waals surface area contributed by atoms with Crippen LogP contribution in [-0.2, 0) is 10.0 Å². The lowest BCUT2D eigenvalue weighted by Crippen LogP contribution is -2.48. The van der Waals surface area contributed by atoms with Crippen LogP contribution in [0.3, 0.4) is 0 Å². The third-order valence-corrected chi connectivity index (χ3v) is 5.19. The molecule has 0 atom stereocenters. The number of nitrogens with zero attached hydrogens (tertiary/aromatic N) is 1. The Hall–Kier alpha value is -0.0900. The van der Waals surface area contributed by atoms with Crippen molar-refractivity contribution in [1.82, 2.24) is 4.31 Å². The summed E-state index contributed by atoms with van der Waals surface area (Å²) in [5.74, 6) is 0.491. The molecule has 0 spiro atoms. The molecule has 0 saturated heterocycles. The minimum Gasteiger partial charge on any atom is -0.212 e. The predicted molar refractivity (Wildman–Crippen MR) is 65.4 cm³/mol. The number of rotatable bonds is 5. The van der Waals surface area contributed by atoms with Gasteiger partial charge in [-0.3, -0.25) is 0 Å². The van der Waals surface area contributed by atoms with Crippen LogP contribution in [0.2, 0.25) is 0 Å². The fourth-order valence-corrected chi connectivity index (χ4v) is 3.18. The van der Waals surface area contributed by atoms with Crippen LogP contribution in [0.15, 0.2) is 0 Å². The Balaban J connectivity index is 4.92. The largest absolute Gasteiger partial charge is 0.216 e. The lowest BCUT2D eigenvalue weighted by molar-refractivity contribution is 0.221. The lowest BCUT2D eigenvalue weighted by atomic mass is 9.93. The molecule has 0 saturated carbocycles. The quantitative estimate of drug-likeness (QED) is 0.734. The topological polar surface area (TPSA) is 37.4 Å². The fourth-order valence-electron chi connectivity index (χ4n) is 1.79. The van der Waals surface area contributed by atoms with E-state index in [0.29, 0.717) is 5.92 Å². The van der Waals surface area contributed by atoms with E-state index in [1.54, 1.807) is 20.9 Å². The SMILES string of the molecule is CC(C)CC(C)(C)N(C)S(=O)(=O)C(C)C. The number of hydrogen-bond acceptors (Lipinski definition) is 2. The molecule has 0 aliphatic heterocycles. The maximum absolute atomic E-state index is 12.0. The smallest absolute Gasteiger partial charge is 0.212 e. The molecule has 0 unspecified atom stereocenters. The molecule has 0 aliphatic carbocycles. The maximum atomic E-state index is 12.0.